The standard InChI is InChI=1S/C70H78N2/c1-65(2,3)46-24-28-49(29-25-46)71(50-30-34-56(68(10,11)12)53(42-50)45-21-33-57(69(13,14)15)58(39-45)70(16,17)18)59-35-22-43-20-32-52-60(36-23-44-19-31-51(59)63(43)64(44)52)72-61-37-26-47(66(4,5)6)40-54(61)55-41-48(67(7,8)9)27-38-62(55)72/h19-42H,1-18H3. The third-order valence-corrected chi connectivity index (χ3v) is 15.6. The van der Waals surface area contributed by atoms with Gasteiger partial charge in [-0.15, -0.1) is 0 Å². The van der Waals surface area contributed by atoms with Crippen LogP contribution in [0.3, 0.4) is 0 Å². The highest BCUT2D eigenvalue weighted by molar-refractivity contribution is 6.27. The number of anilines is 3. The Kier molecular flexibility index (Phi) is 11.3. The number of rotatable bonds is 5. The maximum atomic E-state index is 2.54. The summed E-state index contributed by atoms with van der Waals surface area (Å²) >= 11 is 0. The Bertz CT molecular complexity index is 3650. The number of aromatic nitrogens is 1. The van der Waals surface area contributed by atoms with Gasteiger partial charge >= 0.3 is 0 Å². The molecule has 368 valence electrons. The molecule has 0 bridgehead atoms. The smallest absolute Gasteiger partial charge is 0.0541 e. The van der Waals surface area contributed by atoms with Crippen molar-refractivity contribution in [2.75, 3.05) is 4.90 Å². The summed E-state index contributed by atoms with van der Waals surface area (Å²) in [5, 5.41) is 10.2. The van der Waals surface area contributed by atoms with E-state index in [-0.39, 0.29) is 32.5 Å². The summed E-state index contributed by atoms with van der Waals surface area (Å²) in [6.07, 6.45) is 0. The first-order valence-corrected chi connectivity index (χ1v) is 26.5. The van der Waals surface area contributed by atoms with Gasteiger partial charge in [-0.3, -0.25) is 0 Å². The number of hydrogen-bond donors (Lipinski definition) is 0. The van der Waals surface area contributed by atoms with Gasteiger partial charge in [0.05, 0.1) is 22.4 Å². The van der Waals surface area contributed by atoms with E-state index in [2.05, 4.69) is 280 Å². The molecular weight excluding hydrogens is 869 g/mol. The molecule has 0 spiro atoms. The summed E-state index contributed by atoms with van der Waals surface area (Å²) in [6.45, 7) is 42.0. The van der Waals surface area contributed by atoms with E-state index in [1.165, 1.54) is 110 Å². The number of fused-ring (bicyclic) bond motifs is 3. The van der Waals surface area contributed by atoms with Crippen LogP contribution in [0.25, 0.3) is 70.9 Å². The zero-order chi connectivity index (χ0) is 51.8. The molecule has 72 heavy (non-hydrogen) atoms. The Morgan fingerprint density at radius 1 is 0.319 bits per heavy atom. The highest BCUT2D eigenvalue weighted by atomic mass is 15.1. The lowest BCUT2D eigenvalue weighted by atomic mass is 9.73. The van der Waals surface area contributed by atoms with E-state index in [1.807, 2.05) is 0 Å². The van der Waals surface area contributed by atoms with Crippen LogP contribution in [0.2, 0.25) is 0 Å². The average molecular weight is 947 g/mol. The zero-order valence-electron chi connectivity index (χ0n) is 46.8. The summed E-state index contributed by atoms with van der Waals surface area (Å²) in [5.41, 5.74) is 17.9. The van der Waals surface area contributed by atoms with E-state index in [0.29, 0.717) is 0 Å². The minimum absolute atomic E-state index is 0.0202. The summed E-state index contributed by atoms with van der Waals surface area (Å²) in [6, 6.07) is 57.1. The van der Waals surface area contributed by atoms with Gasteiger partial charge in [-0.1, -0.05) is 210 Å². The fourth-order valence-electron chi connectivity index (χ4n) is 11.5. The number of benzene rings is 9. The van der Waals surface area contributed by atoms with E-state index < -0.39 is 0 Å². The molecule has 0 atom stereocenters. The van der Waals surface area contributed by atoms with Gasteiger partial charge in [0.15, 0.2) is 0 Å². The molecule has 0 fully saturated rings. The van der Waals surface area contributed by atoms with Crippen molar-refractivity contribution in [1.82, 2.24) is 4.57 Å². The largest absolute Gasteiger partial charge is 0.310 e. The van der Waals surface area contributed by atoms with Gasteiger partial charge in [0.25, 0.3) is 0 Å². The molecule has 0 aliphatic carbocycles. The second-order valence-electron chi connectivity index (χ2n) is 27.3. The monoisotopic (exact) mass is 947 g/mol. The molecule has 0 unspecified atom stereocenters. The van der Waals surface area contributed by atoms with Crippen LogP contribution in [0.15, 0.2) is 146 Å². The van der Waals surface area contributed by atoms with Crippen LogP contribution in [0.4, 0.5) is 17.1 Å². The van der Waals surface area contributed by atoms with Gasteiger partial charge in [0, 0.05) is 32.9 Å². The van der Waals surface area contributed by atoms with Crippen molar-refractivity contribution < 1.29 is 0 Å². The molecular formula is C70H78N2. The number of hydrogen-bond acceptors (Lipinski definition) is 1. The lowest BCUT2D eigenvalue weighted by Crippen LogP contribution is -2.22. The van der Waals surface area contributed by atoms with Gasteiger partial charge < -0.3 is 9.47 Å². The summed E-state index contributed by atoms with van der Waals surface area (Å²) < 4.78 is 2.54. The quantitative estimate of drug-likeness (QED) is 0.156. The predicted octanol–water partition coefficient (Wildman–Crippen LogP) is 20.6. The Labute approximate surface area is 431 Å². The van der Waals surface area contributed by atoms with Crippen LogP contribution in [-0.2, 0) is 32.5 Å². The second kappa shape index (κ2) is 16.6. The fraction of sp³-hybridized carbons (Fsp3) is 0.343. The third-order valence-electron chi connectivity index (χ3n) is 15.6. The second-order valence-corrected chi connectivity index (χ2v) is 27.3. The van der Waals surface area contributed by atoms with Crippen molar-refractivity contribution in [3.8, 4) is 16.8 Å². The molecule has 0 radical (unpaired) electrons. The van der Waals surface area contributed by atoms with Crippen LogP contribution in [0.5, 0.6) is 0 Å². The first-order chi connectivity index (χ1) is 33.5. The highest BCUT2D eigenvalue weighted by Gasteiger charge is 2.29. The topological polar surface area (TPSA) is 8.17 Å². The van der Waals surface area contributed by atoms with Gasteiger partial charge in [-0.25, -0.2) is 0 Å². The molecule has 0 saturated carbocycles. The van der Waals surface area contributed by atoms with E-state index in [4.69, 9.17) is 0 Å². The Morgan fingerprint density at radius 3 is 1.31 bits per heavy atom. The van der Waals surface area contributed by atoms with Crippen molar-refractivity contribution in [1.29, 1.82) is 0 Å². The van der Waals surface area contributed by atoms with Crippen LogP contribution < -0.4 is 4.90 Å². The maximum absolute atomic E-state index is 2.54. The predicted molar refractivity (Wildman–Crippen MR) is 317 cm³/mol. The minimum Gasteiger partial charge on any atom is -0.310 e. The highest BCUT2D eigenvalue weighted by Crippen LogP contribution is 2.49. The van der Waals surface area contributed by atoms with Gasteiger partial charge in [0.1, 0.15) is 0 Å². The molecule has 2 nitrogen and oxygen atoms in total. The zero-order valence-corrected chi connectivity index (χ0v) is 46.8. The van der Waals surface area contributed by atoms with Crippen molar-refractivity contribution in [2.24, 2.45) is 0 Å². The normalized spacial score (nSPS) is 13.4. The maximum Gasteiger partial charge on any atom is 0.0541 e. The van der Waals surface area contributed by atoms with Crippen LogP contribution in [0, 0.1) is 0 Å². The molecule has 0 saturated heterocycles. The van der Waals surface area contributed by atoms with Crippen molar-refractivity contribution in [3.05, 3.63) is 179 Å². The lowest BCUT2D eigenvalue weighted by Gasteiger charge is -2.32. The first-order valence-electron chi connectivity index (χ1n) is 26.5. The molecule has 2 heteroatoms. The molecule has 1 heterocycles. The van der Waals surface area contributed by atoms with Gasteiger partial charge in [0.2, 0.25) is 0 Å². The molecule has 10 aromatic rings. The average Bonchev–Trinajstić information content (AvgIpc) is 3.62. The summed E-state index contributed by atoms with van der Waals surface area (Å²) in [4.78, 5) is 2.52. The molecule has 1 aromatic heterocycles. The first kappa shape index (κ1) is 49.2. The molecule has 0 aliphatic rings. The van der Waals surface area contributed by atoms with E-state index in [1.54, 1.807) is 0 Å². The van der Waals surface area contributed by atoms with E-state index in [0.717, 1.165) is 11.4 Å². The molecule has 0 N–H and O–H groups in total. The minimum atomic E-state index is -0.0809. The molecule has 10 rings (SSSR count). The van der Waals surface area contributed by atoms with E-state index in [9.17, 15) is 0 Å². The summed E-state index contributed by atoms with van der Waals surface area (Å²) in [5.74, 6) is 0. The van der Waals surface area contributed by atoms with Gasteiger partial charge in [-0.2, -0.15) is 0 Å². The Morgan fingerprint density at radius 2 is 0.778 bits per heavy atom. The molecule has 0 amide bonds. The third kappa shape index (κ3) is 8.47. The molecule has 0 aliphatic heterocycles. The SMILES string of the molecule is CC(C)(C)c1ccc(N(c2ccc(C(C)(C)C)c(-c3ccc(C(C)(C)C)c(C(C)(C)C)c3)c2)c2ccc3ccc4c(-n5c6ccc(C(C)(C)C)cc6c6cc(C(C)(C)C)ccc65)ccc5ccc2c3c54)cc1. The number of nitrogens with zero attached hydrogens (tertiary/aromatic N) is 2. The van der Waals surface area contributed by atoms with Crippen LogP contribution in [0.1, 0.15) is 158 Å². The fourth-order valence-corrected chi connectivity index (χ4v) is 11.5. The van der Waals surface area contributed by atoms with Crippen molar-refractivity contribution in [3.63, 3.8) is 0 Å². The van der Waals surface area contributed by atoms with Crippen molar-refractivity contribution in [2.45, 2.75) is 157 Å². The Hall–Kier alpha value is -6.38. The molecule has 9 aromatic carbocycles. The summed E-state index contributed by atoms with van der Waals surface area (Å²) in [7, 11) is 0. The Balaban J connectivity index is 1.24. The van der Waals surface area contributed by atoms with Gasteiger partial charge in [-0.05, 0) is 159 Å². The van der Waals surface area contributed by atoms with Crippen LogP contribution >= 0.6 is 0 Å². The lowest BCUT2D eigenvalue weighted by molar-refractivity contribution is 0.530. The van der Waals surface area contributed by atoms with Crippen LogP contribution in [-0.4, -0.2) is 4.57 Å². The van der Waals surface area contributed by atoms with E-state index >= 15 is 0 Å². The van der Waals surface area contributed by atoms with Crippen molar-refractivity contribution >= 4 is 71.2 Å².